The Morgan fingerprint density at radius 3 is 2.83 bits per heavy atom. The lowest BCUT2D eigenvalue weighted by atomic mass is 9.87. The smallest absolute Gasteiger partial charge is 0.250 e. The van der Waals surface area contributed by atoms with Gasteiger partial charge in [-0.15, -0.1) is 0 Å². The number of halogens is 1. The fourth-order valence-electron chi connectivity index (χ4n) is 3.84. The Balaban J connectivity index is 1.40. The molecule has 0 fully saturated rings. The Bertz CT molecular complexity index is 1040. The second kappa shape index (κ2) is 9.05. The molecule has 1 aliphatic carbocycles. The summed E-state index contributed by atoms with van der Waals surface area (Å²) >= 11 is 0. The van der Waals surface area contributed by atoms with Gasteiger partial charge in [0.2, 0.25) is 11.8 Å². The first-order chi connectivity index (χ1) is 14.6. The van der Waals surface area contributed by atoms with Gasteiger partial charge in [-0.1, -0.05) is 24.3 Å². The highest BCUT2D eigenvalue weighted by Gasteiger charge is 2.21. The minimum Gasteiger partial charge on any atom is -0.439 e. The number of nitrogens with one attached hydrogen (secondary N) is 1. The predicted octanol–water partition coefficient (Wildman–Crippen LogP) is 3.80. The molecule has 1 amide bonds. The number of carbonyl (C=O) groups excluding carboxylic acids is 1. The van der Waals surface area contributed by atoms with Crippen molar-refractivity contribution in [1.29, 1.82) is 0 Å². The van der Waals surface area contributed by atoms with Crippen LogP contribution >= 0.6 is 0 Å². The van der Waals surface area contributed by atoms with Crippen molar-refractivity contribution in [1.82, 2.24) is 10.3 Å². The van der Waals surface area contributed by atoms with Gasteiger partial charge in [0.25, 0.3) is 0 Å². The molecule has 5 nitrogen and oxygen atoms in total. The van der Waals surface area contributed by atoms with Crippen LogP contribution in [0.25, 0.3) is 0 Å². The van der Waals surface area contributed by atoms with Crippen LogP contribution in [-0.4, -0.2) is 23.5 Å². The number of hydrogen-bond acceptors (Lipinski definition) is 4. The van der Waals surface area contributed by atoms with Crippen LogP contribution in [0.3, 0.4) is 0 Å². The van der Waals surface area contributed by atoms with Gasteiger partial charge in [0, 0.05) is 18.3 Å². The standard InChI is InChI=1S/C24H24FN3O2/c25-19-5-1-3-16(13-19)11-12-27-20-9-7-17-4-2-6-22(21(17)14-20)30-23-10-8-18(15-28-23)24(26)29/h1-6,8,10,13,15,20,27H,7,9,11-12,14H2,(H2,26,29). The molecule has 1 heterocycles. The number of pyridine rings is 1. The summed E-state index contributed by atoms with van der Waals surface area (Å²) in [5.74, 6) is 0.495. The summed E-state index contributed by atoms with van der Waals surface area (Å²) in [5.41, 5.74) is 9.06. The molecule has 3 aromatic rings. The average molecular weight is 405 g/mol. The molecule has 0 bridgehead atoms. The zero-order valence-corrected chi connectivity index (χ0v) is 16.6. The fourth-order valence-corrected chi connectivity index (χ4v) is 3.84. The van der Waals surface area contributed by atoms with Crippen LogP contribution in [0.1, 0.15) is 33.5 Å². The predicted molar refractivity (Wildman–Crippen MR) is 113 cm³/mol. The number of hydrogen-bond donors (Lipinski definition) is 2. The minimum absolute atomic E-state index is 0.196. The number of benzene rings is 2. The first kappa shape index (κ1) is 20.0. The zero-order valence-electron chi connectivity index (χ0n) is 16.6. The number of ether oxygens (including phenoxy) is 1. The lowest BCUT2D eigenvalue weighted by Crippen LogP contribution is -2.36. The van der Waals surface area contributed by atoms with Crippen LogP contribution in [0.15, 0.2) is 60.8 Å². The number of amides is 1. The Morgan fingerprint density at radius 1 is 1.20 bits per heavy atom. The third-order valence-corrected chi connectivity index (χ3v) is 5.41. The number of aromatic nitrogens is 1. The van der Waals surface area contributed by atoms with Gasteiger partial charge in [-0.05, 0) is 73.2 Å². The SMILES string of the molecule is NC(=O)c1ccc(Oc2cccc3c2CC(NCCc2cccc(F)c2)CC3)nc1. The van der Waals surface area contributed by atoms with Crippen LogP contribution < -0.4 is 15.8 Å². The molecule has 0 saturated carbocycles. The Morgan fingerprint density at radius 2 is 2.07 bits per heavy atom. The molecule has 6 heteroatoms. The van der Waals surface area contributed by atoms with Crippen molar-refractivity contribution < 1.29 is 13.9 Å². The van der Waals surface area contributed by atoms with Crippen molar-refractivity contribution in [3.05, 3.63) is 88.9 Å². The molecule has 0 radical (unpaired) electrons. The molecular weight excluding hydrogens is 381 g/mol. The third kappa shape index (κ3) is 4.83. The van der Waals surface area contributed by atoms with Crippen molar-refractivity contribution in [2.75, 3.05) is 6.54 Å². The molecule has 154 valence electrons. The first-order valence-corrected chi connectivity index (χ1v) is 10.1. The molecule has 0 spiro atoms. The van der Waals surface area contributed by atoms with Crippen LogP contribution in [0, 0.1) is 5.82 Å². The van der Waals surface area contributed by atoms with Crippen molar-refractivity contribution in [3.63, 3.8) is 0 Å². The molecule has 4 rings (SSSR count). The second-order valence-electron chi connectivity index (χ2n) is 7.52. The molecule has 1 atom stereocenters. The van der Waals surface area contributed by atoms with Gasteiger partial charge in [-0.3, -0.25) is 4.79 Å². The van der Waals surface area contributed by atoms with E-state index in [1.165, 1.54) is 23.4 Å². The molecule has 0 aliphatic heterocycles. The number of fused-ring (bicyclic) bond motifs is 1. The molecule has 1 aromatic heterocycles. The van der Waals surface area contributed by atoms with E-state index in [9.17, 15) is 9.18 Å². The van der Waals surface area contributed by atoms with Gasteiger partial charge in [0.05, 0.1) is 5.56 Å². The van der Waals surface area contributed by atoms with Gasteiger partial charge in [-0.25, -0.2) is 9.37 Å². The van der Waals surface area contributed by atoms with Gasteiger partial charge in [0.1, 0.15) is 11.6 Å². The molecule has 1 unspecified atom stereocenters. The lowest BCUT2D eigenvalue weighted by molar-refractivity contribution is 0.1000. The molecule has 0 saturated heterocycles. The summed E-state index contributed by atoms with van der Waals surface area (Å²) in [6.07, 6.45) is 5.08. The van der Waals surface area contributed by atoms with E-state index in [4.69, 9.17) is 10.5 Å². The Kier molecular flexibility index (Phi) is 6.05. The van der Waals surface area contributed by atoms with Gasteiger partial charge < -0.3 is 15.8 Å². The van der Waals surface area contributed by atoms with E-state index in [1.807, 2.05) is 18.2 Å². The Hall–Kier alpha value is -3.25. The number of nitrogens with zero attached hydrogens (tertiary/aromatic N) is 1. The minimum atomic E-state index is -0.515. The largest absolute Gasteiger partial charge is 0.439 e. The fraction of sp³-hybridized carbons (Fsp3) is 0.250. The van der Waals surface area contributed by atoms with Crippen molar-refractivity contribution in [2.45, 2.75) is 31.7 Å². The topological polar surface area (TPSA) is 77.2 Å². The molecule has 30 heavy (non-hydrogen) atoms. The summed E-state index contributed by atoms with van der Waals surface area (Å²) in [4.78, 5) is 15.4. The molecule has 2 aromatic carbocycles. The van der Waals surface area contributed by atoms with Crippen molar-refractivity contribution in [3.8, 4) is 11.6 Å². The summed E-state index contributed by atoms with van der Waals surface area (Å²) in [6.45, 7) is 0.794. The number of nitrogens with two attached hydrogens (primary N) is 1. The van der Waals surface area contributed by atoms with Crippen LogP contribution in [0.5, 0.6) is 11.6 Å². The van der Waals surface area contributed by atoms with Crippen molar-refractivity contribution >= 4 is 5.91 Å². The zero-order chi connectivity index (χ0) is 20.9. The van der Waals surface area contributed by atoms with Crippen molar-refractivity contribution in [2.24, 2.45) is 5.73 Å². The molecular formula is C24H24FN3O2. The van der Waals surface area contributed by atoms with Crippen LogP contribution in [0.4, 0.5) is 4.39 Å². The van der Waals surface area contributed by atoms with E-state index in [0.717, 1.165) is 43.5 Å². The maximum absolute atomic E-state index is 13.3. The van der Waals surface area contributed by atoms with Gasteiger partial charge in [0.15, 0.2) is 0 Å². The third-order valence-electron chi connectivity index (χ3n) is 5.41. The Labute approximate surface area is 175 Å². The monoisotopic (exact) mass is 405 g/mol. The van der Waals surface area contributed by atoms with Gasteiger partial charge in [-0.2, -0.15) is 0 Å². The average Bonchev–Trinajstić information content (AvgIpc) is 2.74. The maximum Gasteiger partial charge on any atom is 0.250 e. The highest BCUT2D eigenvalue weighted by molar-refractivity contribution is 5.92. The second-order valence-corrected chi connectivity index (χ2v) is 7.52. The van der Waals surface area contributed by atoms with Crippen LogP contribution in [-0.2, 0) is 19.3 Å². The summed E-state index contributed by atoms with van der Waals surface area (Å²) in [5, 5.41) is 3.60. The number of carbonyl (C=O) groups is 1. The van der Waals surface area contributed by atoms with E-state index in [-0.39, 0.29) is 5.82 Å². The van der Waals surface area contributed by atoms with E-state index in [1.54, 1.807) is 24.3 Å². The molecule has 1 aliphatic rings. The highest BCUT2D eigenvalue weighted by Crippen LogP contribution is 2.32. The number of rotatable bonds is 7. The van der Waals surface area contributed by atoms with E-state index in [2.05, 4.69) is 16.4 Å². The first-order valence-electron chi connectivity index (χ1n) is 10.1. The normalized spacial score (nSPS) is 15.4. The van der Waals surface area contributed by atoms with Crippen LogP contribution in [0.2, 0.25) is 0 Å². The van der Waals surface area contributed by atoms with E-state index < -0.39 is 5.91 Å². The number of primary amides is 1. The summed E-state index contributed by atoms with van der Waals surface area (Å²) < 4.78 is 19.4. The van der Waals surface area contributed by atoms with Gasteiger partial charge >= 0.3 is 0 Å². The maximum atomic E-state index is 13.3. The van der Waals surface area contributed by atoms with E-state index in [0.29, 0.717) is 17.5 Å². The lowest BCUT2D eigenvalue weighted by Gasteiger charge is -2.27. The highest BCUT2D eigenvalue weighted by atomic mass is 19.1. The number of aryl methyl sites for hydroxylation is 1. The summed E-state index contributed by atoms with van der Waals surface area (Å²) in [6, 6.07) is 16.4. The quantitative estimate of drug-likeness (QED) is 0.627. The van der Waals surface area contributed by atoms with E-state index >= 15 is 0 Å². The molecule has 3 N–H and O–H groups in total. The summed E-state index contributed by atoms with van der Waals surface area (Å²) in [7, 11) is 0.